The summed E-state index contributed by atoms with van der Waals surface area (Å²) in [5.74, 6) is 0. The summed E-state index contributed by atoms with van der Waals surface area (Å²) in [7, 11) is -3.20. The van der Waals surface area contributed by atoms with Crippen molar-refractivity contribution in [3.8, 4) is 0 Å². The highest BCUT2D eigenvalue weighted by Crippen LogP contribution is 2.10. The molecule has 1 heterocycles. The maximum Gasteiger partial charge on any atom is 0.228 e. The molecule has 0 saturated carbocycles. The minimum absolute atomic E-state index is 0.311. The van der Waals surface area contributed by atoms with Gasteiger partial charge in [-0.1, -0.05) is 0 Å². The highest BCUT2D eigenvalue weighted by atomic mass is 35.5. The van der Waals surface area contributed by atoms with Gasteiger partial charge in [0.1, 0.15) is 5.21 Å². The number of nitrogens with zero attached hydrogens (tertiary/aromatic N) is 2. The molecule has 0 aromatic heterocycles. The molecule has 84 valence electrons. The maximum absolute atomic E-state index is 11.4. The van der Waals surface area contributed by atoms with Gasteiger partial charge < -0.3 is 0 Å². The third kappa shape index (κ3) is 2.82. The van der Waals surface area contributed by atoms with E-state index < -0.39 is 10.0 Å². The summed E-state index contributed by atoms with van der Waals surface area (Å²) >= 11 is 5.38. The van der Waals surface area contributed by atoms with Gasteiger partial charge in [-0.15, -0.1) is 11.6 Å². The van der Waals surface area contributed by atoms with Crippen molar-refractivity contribution in [2.24, 2.45) is 0 Å². The Bertz CT molecular complexity index is 271. The maximum atomic E-state index is 11.4. The third-order valence-corrected chi connectivity index (χ3v) is 4.79. The molecule has 0 amide bonds. The molecule has 0 atom stereocenters. The summed E-state index contributed by atoms with van der Waals surface area (Å²) in [5, 5.41) is -0.311. The van der Waals surface area contributed by atoms with Crippen molar-refractivity contribution in [1.29, 1.82) is 0 Å². The number of rotatable bonds is 3. The second-order valence-corrected chi connectivity index (χ2v) is 6.30. The Morgan fingerprint density at radius 3 is 2.07 bits per heavy atom. The minimum Gasteiger partial charge on any atom is -0.298 e. The number of piperazine rings is 1. The Hall–Kier alpha value is 0.160. The Morgan fingerprint density at radius 1 is 1.21 bits per heavy atom. The first-order chi connectivity index (χ1) is 6.47. The average molecular weight is 241 g/mol. The third-order valence-electron chi connectivity index (χ3n) is 2.53. The van der Waals surface area contributed by atoms with Crippen LogP contribution in [0.1, 0.15) is 13.8 Å². The van der Waals surface area contributed by atoms with Gasteiger partial charge in [0.25, 0.3) is 0 Å². The van der Waals surface area contributed by atoms with Crippen LogP contribution in [-0.2, 0) is 10.0 Å². The van der Waals surface area contributed by atoms with Gasteiger partial charge in [-0.2, -0.15) is 4.31 Å². The molecule has 0 bridgehead atoms. The fourth-order valence-electron chi connectivity index (χ4n) is 1.57. The minimum atomic E-state index is -3.20. The van der Waals surface area contributed by atoms with Crippen LogP contribution in [0.15, 0.2) is 0 Å². The molecular formula is C8H17ClN2O2S. The van der Waals surface area contributed by atoms with Crippen LogP contribution in [0.3, 0.4) is 0 Å². The summed E-state index contributed by atoms with van der Waals surface area (Å²) < 4.78 is 24.3. The molecule has 0 aliphatic carbocycles. The van der Waals surface area contributed by atoms with Crippen molar-refractivity contribution >= 4 is 21.6 Å². The van der Waals surface area contributed by atoms with E-state index in [9.17, 15) is 8.42 Å². The first-order valence-corrected chi connectivity index (χ1v) is 6.89. The lowest BCUT2D eigenvalue weighted by Crippen LogP contribution is -2.50. The van der Waals surface area contributed by atoms with Crippen LogP contribution < -0.4 is 0 Å². The van der Waals surface area contributed by atoms with E-state index in [4.69, 9.17) is 11.6 Å². The highest BCUT2D eigenvalue weighted by Gasteiger charge is 2.26. The molecule has 6 heteroatoms. The van der Waals surface area contributed by atoms with Gasteiger partial charge in [-0.3, -0.25) is 4.90 Å². The van der Waals surface area contributed by atoms with Crippen molar-refractivity contribution in [2.45, 2.75) is 19.9 Å². The van der Waals surface area contributed by atoms with Gasteiger partial charge in [0, 0.05) is 32.2 Å². The summed E-state index contributed by atoms with van der Waals surface area (Å²) in [5.41, 5.74) is 0. The molecule has 14 heavy (non-hydrogen) atoms. The molecule has 0 aromatic carbocycles. The lowest BCUT2D eigenvalue weighted by atomic mass is 10.3. The Balaban J connectivity index is 2.52. The summed E-state index contributed by atoms with van der Waals surface area (Å²) in [4.78, 5) is 2.26. The fourth-order valence-corrected chi connectivity index (χ4v) is 2.84. The second-order valence-electron chi connectivity index (χ2n) is 3.75. The van der Waals surface area contributed by atoms with E-state index in [2.05, 4.69) is 18.7 Å². The average Bonchev–Trinajstić information content (AvgIpc) is 2.18. The lowest BCUT2D eigenvalue weighted by Gasteiger charge is -2.35. The van der Waals surface area contributed by atoms with E-state index in [-0.39, 0.29) is 5.21 Å². The van der Waals surface area contributed by atoms with Crippen molar-refractivity contribution in [1.82, 2.24) is 9.21 Å². The molecule has 0 unspecified atom stereocenters. The van der Waals surface area contributed by atoms with Crippen LogP contribution in [0.5, 0.6) is 0 Å². The number of halogens is 1. The Morgan fingerprint density at radius 2 is 1.71 bits per heavy atom. The van der Waals surface area contributed by atoms with Crippen LogP contribution in [0.25, 0.3) is 0 Å². The molecule has 0 aromatic rings. The standard InChI is InChI=1S/C8H17ClN2O2S/c1-8(2)10-3-5-11(6-4-10)14(12,13)7-9/h8H,3-7H2,1-2H3. The van der Waals surface area contributed by atoms with E-state index >= 15 is 0 Å². The summed E-state index contributed by atoms with van der Waals surface area (Å²) in [6.07, 6.45) is 0. The number of hydrogen-bond donors (Lipinski definition) is 0. The predicted molar refractivity (Wildman–Crippen MR) is 57.9 cm³/mol. The predicted octanol–water partition coefficient (Wildman–Crippen LogP) is 0.538. The highest BCUT2D eigenvalue weighted by molar-refractivity contribution is 7.90. The molecule has 1 saturated heterocycles. The second kappa shape index (κ2) is 4.79. The van der Waals surface area contributed by atoms with Crippen molar-refractivity contribution < 1.29 is 8.42 Å². The smallest absolute Gasteiger partial charge is 0.228 e. The molecule has 0 radical (unpaired) electrons. The molecule has 0 spiro atoms. The van der Waals surface area contributed by atoms with Gasteiger partial charge in [0.05, 0.1) is 0 Å². The zero-order valence-electron chi connectivity index (χ0n) is 8.61. The topological polar surface area (TPSA) is 40.6 Å². The van der Waals surface area contributed by atoms with E-state index in [1.54, 1.807) is 0 Å². The molecule has 0 N–H and O–H groups in total. The lowest BCUT2D eigenvalue weighted by molar-refractivity contribution is 0.154. The van der Waals surface area contributed by atoms with E-state index in [1.807, 2.05) is 0 Å². The molecule has 4 nitrogen and oxygen atoms in total. The van der Waals surface area contributed by atoms with Crippen molar-refractivity contribution in [3.63, 3.8) is 0 Å². The monoisotopic (exact) mass is 240 g/mol. The summed E-state index contributed by atoms with van der Waals surface area (Å²) in [6.45, 7) is 6.96. The molecule has 1 aliphatic heterocycles. The van der Waals surface area contributed by atoms with Gasteiger partial charge in [0.2, 0.25) is 10.0 Å². The van der Waals surface area contributed by atoms with Crippen LogP contribution in [0.4, 0.5) is 0 Å². The first-order valence-electron chi connectivity index (χ1n) is 4.75. The van der Waals surface area contributed by atoms with Crippen molar-refractivity contribution in [2.75, 3.05) is 31.4 Å². The van der Waals surface area contributed by atoms with Gasteiger partial charge in [-0.25, -0.2) is 8.42 Å². The quantitative estimate of drug-likeness (QED) is 0.676. The van der Waals surface area contributed by atoms with Crippen LogP contribution in [0.2, 0.25) is 0 Å². The fraction of sp³-hybridized carbons (Fsp3) is 1.00. The van der Waals surface area contributed by atoms with Crippen LogP contribution >= 0.6 is 11.6 Å². The van der Waals surface area contributed by atoms with Crippen molar-refractivity contribution in [3.05, 3.63) is 0 Å². The zero-order chi connectivity index (χ0) is 10.8. The van der Waals surface area contributed by atoms with E-state index in [1.165, 1.54) is 4.31 Å². The Kier molecular flexibility index (Phi) is 4.18. The van der Waals surface area contributed by atoms with Crippen LogP contribution in [0, 0.1) is 0 Å². The molecule has 1 aliphatic rings. The molecule has 1 fully saturated rings. The van der Waals surface area contributed by atoms with Crippen LogP contribution in [-0.4, -0.2) is 55.1 Å². The number of sulfonamides is 1. The van der Waals surface area contributed by atoms with Gasteiger partial charge >= 0.3 is 0 Å². The van der Waals surface area contributed by atoms with Gasteiger partial charge in [-0.05, 0) is 13.8 Å². The number of alkyl halides is 1. The van der Waals surface area contributed by atoms with E-state index in [0.717, 1.165) is 13.1 Å². The zero-order valence-corrected chi connectivity index (χ0v) is 10.2. The largest absolute Gasteiger partial charge is 0.298 e. The van der Waals surface area contributed by atoms with E-state index in [0.29, 0.717) is 19.1 Å². The van der Waals surface area contributed by atoms with Gasteiger partial charge in [0.15, 0.2) is 0 Å². The molecular weight excluding hydrogens is 224 g/mol. The normalized spacial score (nSPS) is 21.7. The SMILES string of the molecule is CC(C)N1CCN(S(=O)(=O)CCl)CC1. The molecule has 1 rings (SSSR count). The number of hydrogen-bond acceptors (Lipinski definition) is 3. The Labute approximate surface area is 90.9 Å². The first kappa shape index (κ1) is 12.2. The summed E-state index contributed by atoms with van der Waals surface area (Å²) in [6, 6.07) is 0.482.